The Morgan fingerprint density at radius 2 is 1.54 bits per heavy atom. The summed E-state index contributed by atoms with van der Waals surface area (Å²) in [5, 5.41) is 6.58. The summed E-state index contributed by atoms with van der Waals surface area (Å²) in [5.41, 5.74) is 0. The van der Waals surface area contributed by atoms with Crippen LogP contribution in [-0.4, -0.2) is 31.7 Å². The quantitative estimate of drug-likeness (QED) is 0.346. The zero-order valence-electron chi connectivity index (χ0n) is 12.8. The molecule has 2 aromatic rings. The Balaban J connectivity index is 2.41. The molecule has 1 aromatic heterocycles. The molecule has 0 aliphatic carbocycles. The van der Waals surface area contributed by atoms with Gasteiger partial charge in [0.2, 0.25) is 20.8 Å². The largest absolute Gasteiger partial charge is 0.464 e. The van der Waals surface area contributed by atoms with Gasteiger partial charge in [0.25, 0.3) is 0 Å². The second-order valence-electron chi connectivity index (χ2n) is 4.68. The molecule has 0 radical (unpaired) electrons. The Bertz CT molecular complexity index is 950. The maximum atomic E-state index is 13.7. The minimum atomic E-state index is -5.17. The topological polar surface area (TPSA) is 98.2 Å². The predicted molar refractivity (Wildman–Crippen MR) is 76.2 cm³/mol. The summed E-state index contributed by atoms with van der Waals surface area (Å²) >= 11 is 0.607. The van der Waals surface area contributed by atoms with Crippen LogP contribution in [0.4, 0.5) is 22.0 Å². The average molecular weight is 417 g/mol. The van der Waals surface area contributed by atoms with Crippen molar-refractivity contribution in [2.75, 3.05) is 7.11 Å². The Labute approximate surface area is 146 Å². The summed E-state index contributed by atoms with van der Waals surface area (Å²) in [6.45, 7) is 1.16. The molecule has 1 unspecified atom stereocenters. The molecule has 1 atom stereocenters. The van der Waals surface area contributed by atoms with Gasteiger partial charge >= 0.3 is 5.97 Å². The first-order valence-electron chi connectivity index (χ1n) is 6.46. The molecule has 1 aromatic carbocycles. The number of hydrogen-bond donors (Lipinski definition) is 1. The number of sulfonamides is 1. The van der Waals surface area contributed by atoms with Gasteiger partial charge in [-0.25, -0.2) is 39.9 Å². The zero-order chi connectivity index (χ0) is 19.8. The maximum Gasteiger partial charge on any atom is 0.369 e. The molecule has 14 heteroatoms. The Morgan fingerprint density at radius 3 is 2.04 bits per heavy atom. The minimum absolute atomic E-state index is 0.113. The number of aromatic nitrogens is 2. The highest BCUT2D eigenvalue weighted by atomic mass is 32.2. The molecule has 0 aliphatic heterocycles. The number of carbonyl (C=O) groups excluding carboxylic acids is 1. The first-order chi connectivity index (χ1) is 12.0. The number of nitrogens with one attached hydrogen (secondary N) is 1. The lowest BCUT2D eigenvalue weighted by molar-refractivity contribution is 0.0599. The van der Waals surface area contributed by atoms with Crippen LogP contribution < -0.4 is 4.72 Å². The van der Waals surface area contributed by atoms with Crippen LogP contribution in [0, 0.1) is 29.1 Å². The van der Waals surface area contributed by atoms with E-state index in [0.29, 0.717) is 11.3 Å². The minimum Gasteiger partial charge on any atom is -0.464 e. The van der Waals surface area contributed by atoms with E-state index in [0.717, 1.165) is 14.0 Å². The van der Waals surface area contributed by atoms with Crippen molar-refractivity contribution < 1.29 is 39.9 Å². The molecule has 142 valence electrons. The predicted octanol–water partition coefficient (Wildman–Crippen LogP) is 2.06. The third-order valence-electron chi connectivity index (χ3n) is 2.94. The number of methoxy groups -OCH3 is 1. The van der Waals surface area contributed by atoms with Crippen molar-refractivity contribution >= 4 is 27.3 Å². The first-order valence-corrected chi connectivity index (χ1v) is 8.76. The van der Waals surface area contributed by atoms with Gasteiger partial charge in [0, 0.05) is 0 Å². The standard InChI is InChI=1S/C12H8F5N3O4S2/c1-3(10-18-19-11(25-10)12(21)24-2)20-26(22,23)9-7(16)5(14)4(13)6(15)8(9)17/h3,20H,1-2H3. The van der Waals surface area contributed by atoms with E-state index >= 15 is 0 Å². The maximum absolute atomic E-state index is 13.7. The molecule has 0 fully saturated rings. The van der Waals surface area contributed by atoms with E-state index in [1.54, 1.807) is 4.72 Å². The third-order valence-corrected chi connectivity index (χ3v) is 5.59. The highest BCUT2D eigenvalue weighted by Gasteiger charge is 2.35. The van der Waals surface area contributed by atoms with Gasteiger partial charge in [0.15, 0.2) is 28.2 Å². The van der Waals surface area contributed by atoms with Gasteiger partial charge in [-0.1, -0.05) is 11.3 Å². The van der Waals surface area contributed by atoms with Crippen LogP contribution in [0.1, 0.15) is 27.8 Å². The highest BCUT2D eigenvalue weighted by molar-refractivity contribution is 7.89. The van der Waals surface area contributed by atoms with Crippen molar-refractivity contribution in [2.24, 2.45) is 0 Å². The molecule has 1 N–H and O–H groups in total. The van der Waals surface area contributed by atoms with Crippen LogP contribution in [0.2, 0.25) is 0 Å². The Kier molecular flexibility index (Phi) is 5.58. The number of esters is 1. The van der Waals surface area contributed by atoms with Crippen LogP contribution in [0.25, 0.3) is 0 Å². The van der Waals surface area contributed by atoms with Crippen molar-refractivity contribution in [3.63, 3.8) is 0 Å². The van der Waals surface area contributed by atoms with E-state index in [4.69, 9.17) is 0 Å². The summed E-state index contributed by atoms with van der Waals surface area (Å²) < 4.78 is 97.0. The molecular weight excluding hydrogens is 409 g/mol. The summed E-state index contributed by atoms with van der Waals surface area (Å²) in [6.07, 6.45) is 0. The van der Waals surface area contributed by atoms with E-state index in [2.05, 4.69) is 14.9 Å². The van der Waals surface area contributed by atoms with Gasteiger partial charge in [0.05, 0.1) is 13.2 Å². The van der Waals surface area contributed by atoms with Gasteiger partial charge < -0.3 is 4.74 Å². The van der Waals surface area contributed by atoms with Crippen molar-refractivity contribution in [3.8, 4) is 0 Å². The smallest absolute Gasteiger partial charge is 0.369 e. The molecule has 0 saturated carbocycles. The average Bonchev–Trinajstić information content (AvgIpc) is 3.07. The Morgan fingerprint density at radius 1 is 1.04 bits per heavy atom. The number of nitrogens with zero attached hydrogens (tertiary/aromatic N) is 2. The SMILES string of the molecule is COC(=O)c1nnc(C(C)NS(=O)(=O)c2c(F)c(F)c(F)c(F)c2F)s1. The van der Waals surface area contributed by atoms with Crippen LogP contribution in [0.5, 0.6) is 0 Å². The van der Waals surface area contributed by atoms with E-state index in [9.17, 15) is 35.2 Å². The van der Waals surface area contributed by atoms with Crippen molar-refractivity contribution in [1.29, 1.82) is 0 Å². The van der Waals surface area contributed by atoms with Gasteiger partial charge in [0.1, 0.15) is 5.01 Å². The second-order valence-corrected chi connectivity index (χ2v) is 7.34. The molecule has 7 nitrogen and oxygen atoms in total. The number of halogens is 5. The zero-order valence-corrected chi connectivity index (χ0v) is 14.4. The fourth-order valence-electron chi connectivity index (χ4n) is 1.74. The molecule has 0 bridgehead atoms. The van der Waals surface area contributed by atoms with Gasteiger partial charge in [-0.2, -0.15) is 0 Å². The number of hydrogen-bond acceptors (Lipinski definition) is 7. The van der Waals surface area contributed by atoms with Crippen LogP contribution in [0.3, 0.4) is 0 Å². The number of benzene rings is 1. The summed E-state index contributed by atoms with van der Waals surface area (Å²) in [6, 6.07) is -1.30. The van der Waals surface area contributed by atoms with Gasteiger partial charge in [-0.3, -0.25) is 0 Å². The van der Waals surface area contributed by atoms with Gasteiger partial charge in [-0.05, 0) is 6.92 Å². The number of rotatable bonds is 5. The van der Waals surface area contributed by atoms with Crippen LogP contribution in [0.15, 0.2) is 4.90 Å². The fourth-order valence-corrected chi connectivity index (χ4v) is 3.93. The third kappa shape index (κ3) is 3.52. The molecule has 1 heterocycles. The fraction of sp³-hybridized carbons (Fsp3) is 0.250. The summed E-state index contributed by atoms with van der Waals surface area (Å²) in [5.74, 6) is -13.2. The highest BCUT2D eigenvalue weighted by Crippen LogP contribution is 2.28. The van der Waals surface area contributed by atoms with E-state index < -0.39 is 56.0 Å². The lowest BCUT2D eigenvalue weighted by Gasteiger charge is -2.13. The molecule has 0 saturated heterocycles. The van der Waals surface area contributed by atoms with E-state index in [1.807, 2.05) is 0 Å². The van der Waals surface area contributed by atoms with Crippen molar-refractivity contribution in [3.05, 3.63) is 39.1 Å². The van der Waals surface area contributed by atoms with Gasteiger partial charge in [-0.15, -0.1) is 10.2 Å². The normalized spacial score (nSPS) is 12.9. The molecule has 0 amide bonds. The van der Waals surface area contributed by atoms with E-state index in [-0.39, 0.29) is 10.0 Å². The Hall–Kier alpha value is -2.19. The second kappa shape index (κ2) is 7.20. The van der Waals surface area contributed by atoms with Crippen LogP contribution >= 0.6 is 11.3 Å². The molecule has 26 heavy (non-hydrogen) atoms. The van der Waals surface area contributed by atoms with Crippen LogP contribution in [-0.2, 0) is 14.8 Å². The molecule has 0 aliphatic rings. The summed E-state index contributed by atoms with van der Waals surface area (Å²) in [4.78, 5) is 9.25. The monoisotopic (exact) mass is 417 g/mol. The number of carbonyl (C=O) groups is 1. The lowest BCUT2D eigenvalue weighted by Crippen LogP contribution is -2.29. The first kappa shape index (κ1) is 20.1. The molecule has 0 spiro atoms. The molecular formula is C12H8F5N3O4S2. The van der Waals surface area contributed by atoms with Crippen molar-refractivity contribution in [2.45, 2.75) is 17.9 Å². The number of ether oxygens (including phenoxy) is 1. The van der Waals surface area contributed by atoms with Crippen molar-refractivity contribution in [1.82, 2.24) is 14.9 Å². The lowest BCUT2D eigenvalue weighted by atomic mass is 10.3. The summed E-state index contributed by atoms with van der Waals surface area (Å²) in [7, 11) is -4.10. The molecule has 2 rings (SSSR count). The van der Waals surface area contributed by atoms with E-state index in [1.165, 1.54) is 0 Å².